The van der Waals surface area contributed by atoms with Crippen molar-refractivity contribution in [1.82, 2.24) is 19.5 Å². The monoisotopic (exact) mass is 530 g/mol. The molecule has 0 aliphatic rings. The molecule has 0 aliphatic heterocycles. The van der Waals surface area contributed by atoms with E-state index in [-0.39, 0.29) is 0 Å². The summed E-state index contributed by atoms with van der Waals surface area (Å²) in [5.41, 5.74) is 9.70. The molecule has 5 heteroatoms. The molecule has 0 bridgehead atoms. The average Bonchev–Trinajstić information content (AvgIpc) is 3.61. The Bertz CT molecular complexity index is 2070. The van der Waals surface area contributed by atoms with Gasteiger partial charge in [-0.3, -0.25) is 9.97 Å². The third kappa shape index (κ3) is 3.79. The molecule has 8 aromatic rings. The predicted octanol–water partition coefficient (Wildman–Crippen LogP) is 9.18. The topological polar surface area (TPSA) is 43.6 Å². The largest absolute Gasteiger partial charge is 0.309 e. The number of hydrogen-bond donors (Lipinski definition) is 0. The molecule has 4 aromatic heterocycles. The number of para-hydroxylation sites is 2. The van der Waals surface area contributed by atoms with E-state index in [1.807, 2.05) is 42.9 Å². The maximum Gasteiger partial charge on any atom is 0.124 e. The van der Waals surface area contributed by atoms with Gasteiger partial charge in [-0.2, -0.15) is 0 Å². The second-order valence-electron chi connectivity index (χ2n) is 9.80. The predicted molar refractivity (Wildman–Crippen MR) is 166 cm³/mol. The SMILES string of the molecule is c1ccc(-c2cc(-c3cccnc3)cc(-n3c4ccccc4c4ccc(-c5nc6ccccc6s5)cc43)c2)nc1. The van der Waals surface area contributed by atoms with Crippen LogP contribution in [0, 0.1) is 0 Å². The summed E-state index contributed by atoms with van der Waals surface area (Å²) in [7, 11) is 0. The normalized spacial score (nSPS) is 11.5. The third-order valence-electron chi connectivity index (χ3n) is 7.35. The van der Waals surface area contributed by atoms with Crippen molar-refractivity contribution in [3.8, 4) is 38.6 Å². The zero-order valence-electron chi connectivity index (χ0n) is 21.4. The number of fused-ring (bicyclic) bond motifs is 4. The summed E-state index contributed by atoms with van der Waals surface area (Å²) in [6.07, 6.45) is 5.57. The molecule has 4 heterocycles. The van der Waals surface area contributed by atoms with E-state index in [1.165, 1.54) is 15.5 Å². The van der Waals surface area contributed by atoms with Crippen LogP contribution >= 0.6 is 11.3 Å². The minimum atomic E-state index is 0.936. The number of aromatic nitrogens is 4. The molecule has 8 rings (SSSR count). The zero-order valence-corrected chi connectivity index (χ0v) is 22.2. The fraction of sp³-hybridized carbons (Fsp3) is 0. The highest BCUT2D eigenvalue weighted by Crippen LogP contribution is 2.38. The van der Waals surface area contributed by atoms with Gasteiger partial charge in [-0.15, -0.1) is 11.3 Å². The van der Waals surface area contributed by atoms with Crippen LogP contribution in [0.1, 0.15) is 0 Å². The van der Waals surface area contributed by atoms with Crippen LogP contribution in [0.15, 0.2) is 134 Å². The average molecular weight is 531 g/mol. The van der Waals surface area contributed by atoms with E-state index in [9.17, 15) is 0 Å². The maximum absolute atomic E-state index is 4.95. The van der Waals surface area contributed by atoms with Gasteiger partial charge in [0.25, 0.3) is 0 Å². The van der Waals surface area contributed by atoms with Crippen LogP contribution in [0.2, 0.25) is 0 Å². The zero-order chi connectivity index (χ0) is 26.5. The molecule has 0 amide bonds. The smallest absolute Gasteiger partial charge is 0.124 e. The fourth-order valence-corrected chi connectivity index (χ4v) is 6.46. The summed E-state index contributed by atoms with van der Waals surface area (Å²) >= 11 is 1.73. The summed E-state index contributed by atoms with van der Waals surface area (Å²) in [4.78, 5) is 14.0. The fourth-order valence-electron chi connectivity index (χ4n) is 5.50. The van der Waals surface area contributed by atoms with Gasteiger partial charge in [-0.25, -0.2) is 4.98 Å². The molecule has 0 aliphatic carbocycles. The van der Waals surface area contributed by atoms with Gasteiger partial charge in [0.05, 0.1) is 26.9 Å². The molecule has 4 nitrogen and oxygen atoms in total. The maximum atomic E-state index is 4.95. The lowest BCUT2D eigenvalue weighted by atomic mass is 10.0. The number of hydrogen-bond acceptors (Lipinski definition) is 4. The minimum absolute atomic E-state index is 0.936. The first kappa shape index (κ1) is 22.8. The Kier molecular flexibility index (Phi) is 5.28. The molecule has 4 aromatic carbocycles. The van der Waals surface area contributed by atoms with Crippen molar-refractivity contribution in [2.24, 2.45) is 0 Å². The van der Waals surface area contributed by atoms with Crippen molar-refractivity contribution in [3.63, 3.8) is 0 Å². The highest BCUT2D eigenvalue weighted by Gasteiger charge is 2.16. The number of thiazole rings is 1. The van der Waals surface area contributed by atoms with Gasteiger partial charge in [0.15, 0.2) is 0 Å². The van der Waals surface area contributed by atoms with Gasteiger partial charge < -0.3 is 4.57 Å². The van der Waals surface area contributed by atoms with E-state index in [1.54, 1.807) is 11.3 Å². The molecule has 40 heavy (non-hydrogen) atoms. The molecule has 0 fully saturated rings. The van der Waals surface area contributed by atoms with Gasteiger partial charge in [-0.1, -0.05) is 54.6 Å². The molecule has 0 saturated heterocycles. The van der Waals surface area contributed by atoms with Crippen molar-refractivity contribution >= 4 is 43.4 Å². The van der Waals surface area contributed by atoms with Crippen LogP contribution in [-0.4, -0.2) is 19.5 Å². The quantitative estimate of drug-likeness (QED) is 0.228. The van der Waals surface area contributed by atoms with E-state index in [4.69, 9.17) is 4.98 Å². The molecular weight excluding hydrogens is 508 g/mol. The van der Waals surface area contributed by atoms with Gasteiger partial charge in [0, 0.05) is 51.7 Å². The molecular formula is C35H22N4S. The Balaban J connectivity index is 1.41. The standard InChI is InChI=1S/C35H22N4S/c1-3-12-32-28(9-1)29-15-14-23(35-38-31-11-2-4-13-34(31)40-35)21-33(29)39(32)27-19-25(24-8-7-16-36-22-24)18-26(20-27)30-10-5-6-17-37-30/h1-22H. The lowest BCUT2D eigenvalue weighted by Gasteiger charge is -2.13. The van der Waals surface area contributed by atoms with E-state index >= 15 is 0 Å². The van der Waals surface area contributed by atoms with Gasteiger partial charge in [0.1, 0.15) is 5.01 Å². The Labute approximate surface area is 234 Å². The van der Waals surface area contributed by atoms with Crippen molar-refractivity contribution in [3.05, 3.63) is 134 Å². The van der Waals surface area contributed by atoms with Crippen LogP contribution in [0.5, 0.6) is 0 Å². The molecule has 0 unspecified atom stereocenters. The second kappa shape index (κ2) is 9.26. The molecule has 0 saturated carbocycles. The first-order valence-electron chi connectivity index (χ1n) is 13.2. The summed E-state index contributed by atoms with van der Waals surface area (Å²) in [6, 6.07) is 40.5. The first-order chi connectivity index (χ1) is 19.8. The van der Waals surface area contributed by atoms with E-state index in [2.05, 4.69) is 106 Å². The lowest BCUT2D eigenvalue weighted by molar-refractivity contribution is 1.18. The minimum Gasteiger partial charge on any atom is -0.309 e. The Morgan fingerprint density at radius 2 is 1.43 bits per heavy atom. The van der Waals surface area contributed by atoms with Gasteiger partial charge >= 0.3 is 0 Å². The van der Waals surface area contributed by atoms with Crippen molar-refractivity contribution in [2.45, 2.75) is 0 Å². The number of pyridine rings is 2. The summed E-state index contributed by atoms with van der Waals surface area (Å²) in [5, 5.41) is 3.46. The Morgan fingerprint density at radius 1 is 0.575 bits per heavy atom. The summed E-state index contributed by atoms with van der Waals surface area (Å²) in [5.74, 6) is 0. The van der Waals surface area contributed by atoms with Crippen LogP contribution in [0.3, 0.4) is 0 Å². The van der Waals surface area contributed by atoms with Crippen molar-refractivity contribution in [2.75, 3.05) is 0 Å². The summed E-state index contributed by atoms with van der Waals surface area (Å²) < 4.78 is 3.57. The first-order valence-corrected chi connectivity index (χ1v) is 14.0. The molecule has 0 spiro atoms. The van der Waals surface area contributed by atoms with Gasteiger partial charge in [-0.05, 0) is 66.2 Å². The molecule has 0 radical (unpaired) electrons. The van der Waals surface area contributed by atoms with Crippen molar-refractivity contribution in [1.29, 1.82) is 0 Å². The second-order valence-corrected chi connectivity index (χ2v) is 10.8. The summed E-state index contributed by atoms with van der Waals surface area (Å²) in [6.45, 7) is 0. The third-order valence-corrected chi connectivity index (χ3v) is 8.43. The number of nitrogens with zero attached hydrogens (tertiary/aromatic N) is 4. The van der Waals surface area contributed by atoms with Crippen LogP contribution in [-0.2, 0) is 0 Å². The highest BCUT2D eigenvalue weighted by molar-refractivity contribution is 7.21. The van der Waals surface area contributed by atoms with E-state index in [0.717, 1.165) is 55.2 Å². The van der Waals surface area contributed by atoms with Crippen LogP contribution in [0.25, 0.3) is 70.7 Å². The van der Waals surface area contributed by atoms with E-state index < -0.39 is 0 Å². The number of rotatable bonds is 4. The Hall–Kier alpha value is -5.13. The number of benzene rings is 4. The van der Waals surface area contributed by atoms with E-state index in [0.29, 0.717) is 0 Å². The lowest BCUT2D eigenvalue weighted by Crippen LogP contribution is -1.96. The molecule has 188 valence electrons. The Morgan fingerprint density at radius 3 is 2.30 bits per heavy atom. The molecule has 0 N–H and O–H groups in total. The van der Waals surface area contributed by atoms with Crippen LogP contribution < -0.4 is 0 Å². The highest BCUT2D eigenvalue weighted by atomic mass is 32.1. The van der Waals surface area contributed by atoms with Gasteiger partial charge in [0.2, 0.25) is 0 Å². The van der Waals surface area contributed by atoms with Crippen LogP contribution in [0.4, 0.5) is 0 Å². The molecule has 0 atom stereocenters. The van der Waals surface area contributed by atoms with Crippen molar-refractivity contribution < 1.29 is 0 Å².